The highest BCUT2D eigenvalue weighted by Gasteiger charge is 2.12. The Morgan fingerprint density at radius 1 is 1.19 bits per heavy atom. The van der Waals surface area contributed by atoms with Gasteiger partial charge in [-0.25, -0.2) is 0 Å². The Kier molecular flexibility index (Phi) is 3.85. The lowest BCUT2D eigenvalue weighted by Gasteiger charge is -2.00. The van der Waals surface area contributed by atoms with Crippen LogP contribution in [0.4, 0.5) is 0 Å². The van der Waals surface area contributed by atoms with Gasteiger partial charge >= 0.3 is 0 Å². The van der Waals surface area contributed by atoms with Gasteiger partial charge in [-0.05, 0) is 62.2 Å². The first-order chi connectivity index (χ1) is 7.58. The molecule has 0 saturated carbocycles. The summed E-state index contributed by atoms with van der Waals surface area (Å²) in [5.74, 6) is 0.00747. The van der Waals surface area contributed by atoms with Crippen LogP contribution in [0.3, 0.4) is 0 Å². The summed E-state index contributed by atoms with van der Waals surface area (Å²) in [6.45, 7) is 0. The first kappa shape index (κ1) is 12.3. The molecule has 0 atom stereocenters. The Morgan fingerprint density at radius 3 is 2.50 bits per heavy atom. The summed E-state index contributed by atoms with van der Waals surface area (Å²) in [6, 6.07) is 8.84. The normalized spacial score (nSPS) is 10.4. The molecule has 0 radical (unpaired) electrons. The molecule has 0 amide bonds. The number of hydrogen-bond acceptors (Lipinski definition) is 2. The van der Waals surface area contributed by atoms with Crippen molar-refractivity contribution in [1.29, 1.82) is 0 Å². The van der Waals surface area contributed by atoms with Crippen LogP contribution in [0.15, 0.2) is 38.6 Å². The molecule has 16 heavy (non-hydrogen) atoms. The molecule has 1 aromatic carbocycles. The third kappa shape index (κ3) is 2.56. The monoisotopic (exact) mass is 378 g/mol. The van der Waals surface area contributed by atoms with Crippen molar-refractivity contribution in [2.24, 2.45) is 0 Å². The predicted molar refractivity (Wildman–Crippen MR) is 74.6 cm³/mol. The van der Waals surface area contributed by atoms with Crippen LogP contribution in [0, 0.1) is 0 Å². The van der Waals surface area contributed by atoms with E-state index in [1.807, 2.05) is 6.07 Å². The topological polar surface area (TPSA) is 17.1 Å². The lowest BCUT2D eigenvalue weighted by Crippen LogP contribution is -1.98. The minimum absolute atomic E-state index is 0.00747. The van der Waals surface area contributed by atoms with Crippen LogP contribution in [0.1, 0.15) is 15.2 Å². The molecule has 0 aliphatic carbocycles. The van der Waals surface area contributed by atoms with Crippen LogP contribution in [0.25, 0.3) is 0 Å². The maximum Gasteiger partial charge on any atom is 0.203 e. The van der Waals surface area contributed by atoms with Crippen LogP contribution < -0.4 is 0 Å². The van der Waals surface area contributed by atoms with Crippen molar-refractivity contribution in [3.8, 4) is 0 Å². The first-order valence-corrected chi connectivity index (χ1v) is 7.11. The van der Waals surface area contributed by atoms with Gasteiger partial charge in [-0.1, -0.05) is 11.6 Å². The van der Waals surface area contributed by atoms with Gasteiger partial charge in [0.2, 0.25) is 5.78 Å². The molecule has 0 aliphatic heterocycles. The number of carbonyl (C=O) groups excluding carboxylic acids is 1. The highest BCUT2D eigenvalue weighted by atomic mass is 79.9. The van der Waals surface area contributed by atoms with Gasteiger partial charge in [-0.3, -0.25) is 4.79 Å². The minimum Gasteiger partial charge on any atom is -0.288 e. The fourth-order valence-corrected chi connectivity index (χ4v) is 3.06. The number of thiophene rings is 1. The number of halogens is 3. The molecule has 82 valence electrons. The molecular weight excluding hydrogens is 375 g/mol. The number of ketones is 1. The van der Waals surface area contributed by atoms with E-state index in [4.69, 9.17) is 11.6 Å². The lowest BCUT2D eigenvalue weighted by molar-refractivity contribution is 0.104. The Labute approximate surface area is 119 Å². The van der Waals surface area contributed by atoms with E-state index in [-0.39, 0.29) is 5.78 Å². The zero-order chi connectivity index (χ0) is 11.7. The van der Waals surface area contributed by atoms with Crippen molar-refractivity contribution in [3.05, 3.63) is 54.1 Å². The molecule has 0 bridgehead atoms. The molecule has 5 heteroatoms. The molecule has 1 aromatic heterocycles. The number of carbonyl (C=O) groups is 1. The number of benzene rings is 1. The molecule has 0 fully saturated rings. The first-order valence-electron chi connectivity index (χ1n) is 4.33. The Hall–Kier alpha value is -0.160. The second-order valence-corrected chi connectivity index (χ2v) is 6.79. The second kappa shape index (κ2) is 5.00. The van der Waals surface area contributed by atoms with Gasteiger partial charge in [0.1, 0.15) is 0 Å². The fraction of sp³-hybridized carbons (Fsp3) is 0. The van der Waals surface area contributed by atoms with Crippen LogP contribution in [-0.4, -0.2) is 5.78 Å². The predicted octanol–water partition coefficient (Wildman–Crippen LogP) is 5.16. The molecule has 0 spiro atoms. The average molecular weight is 380 g/mol. The third-order valence-corrected chi connectivity index (χ3v) is 4.82. The summed E-state index contributed by atoms with van der Waals surface area (Å²) in [7, 11) is 0. The van der Waals surface area contributed by atoms with Crippen LogP contribution in [0.5, 0.6) is 0 Å². The highest BCUT2D eigenvalue weighted by molar-refractivity contribution is 9.11. The van der Waals surface area contributed by atoms with E-state index in [9.17, 15) is 4.79 Å². The molecule has 0 aliphatic rings. The van der Waals surface area contributed by atoms with E-state index >= 15 is 0 Å². The molecule has 2 aromatic rings. The van der Waals surface area contributed by atoms with Gasteiger partial charge in [0.15, 0.2) is 0 Å². The van der Waals surface area contributed by atoms with E-state index < -0.39 is 0 Å². The van der Waals surface area contributed by atoms with E-state index in [2.05, 4.69) is 31.9 Å². The average Bonchev–Trinajstić information content (AvgIpc) is 2.68. The van der Waals surface area contributed by atoms with E-state index in [1.54, 1.807) is 24.3 Å². The van der Waals surface area contributed by atoms with E-state index in [0.29, 0.717) is 15.5 Å². The minimum atomic E-state index is 0.00747. The molecule has 0 saturated heterocycles. The summed E-state index contributed by atoms with van der Waals surface area (Å²) in [4.78, 5) is 12.8. The number of rotatable bonds is 2. The summed E-state index contributed by atoms with van der Waals surface area (Å²) in [5.41, 5.74) is 0.630. The standard InChI is InChI=1S/C11H5Br2ClOS/c12-7-5-6(1-2-8(7)14)11(15)9-3-4-10(13)16-9/h1-5H. The van der Waals surface area contributed by atoms with Gasteiger partial charge in [0.05, 0.1) is 13.7 Å². The Balaban J connectivity index is 2.38. The molecule has 1 nitrogen and oxygen atoms in total. The van der Waals surface area contributed by atoms with E-state index in [0.717, 1.165) is 8.26 Å². The van der Waals surface area contributed by atoms with Crippen molar-refractivity contribution in [3.63, 3.8) is 0 Å². The molecule has 1 heterocycles. The maximum atomic E-state index is 12.0. The van der Waals surface area contributed by atoms with Gasteiger partial charge in [0.25, 0.3) is 0 Å². The maximum absolute atomic E-state index is 12.0. The van der Waals surface area contributed by atoms with Crippen molar-refractivity contribution < 1.29 is 4.79 Å². The van der Waals surface area contributed by atoms with Crippen LogP contribution in [-0.2, 0) is 0 Å². The van der Waals surface area contributed by atoms with Gasteiger partial charge < -0.3 is 0 Å². The zero-order valence-corrected chi connectivity index (χ0v) is 12.6. The van der Waals surface area contributed by atoms with Gasteiger partial charge in [-0.2, -0.15) is 0 Å². The fourth-order valence-electron chi connectivity index (χ4n) is 1.22. The summed E-state index contributed by atoms with van der Waals surface area (Å²) >= 11 is 13.9. The molecule has 0 unspecified atom stereocenters. The van der Waals surface area contributed by atoms with Gasteiger partial charge in [0, 0.05) is 10.0 Å². The number of hydrogen-bond donors (Lipinski definition) is 0. The van der Waals surface area contributed by atoms with Gasteiger partial charge in [-0.15, -0.1) is 11.3 Å². The van der Waals surface area contributed by atoms with Crippen molar-refractivity contribution in [1.82, 2.24) is 0 Å². The Bertz CT molecular complexity index is 551. The van der Waals surface area contributed by atoms with Crippen molar-refractivity contribution in [2.45, 2.75) is 0 Å². The molecule has 0 N–H and O–H groups in total. The summed E-state index contributed by atoms with van der Waals surface area (Å²) in [6.07, 6.45) is 0. The summed E-state index contributed by atoms with van der Waals surface area (Å²) < 4.78 is 1.68. The lowest BCUT2D eigenvalue weighted by atomic mass is 10.1. The van der Waals surface area contributed by atoms with Crippen LogP contribution in [0.2, 0.25) is 5.02 Å². The molecule has 2 rings (SSSR count). The largest absolute Gasteiger partial charge is 0.288 e. The SMILES string of the molecule is O=C(c1ccc(Cl)c(Br)c1)c1ccc(Br)s1. The van der Waals surface area contributed by atoms with Crippen molar-refractivity contribution >= 4 is 60.6 Å². The van der Waals surface area contributed by atoms with Crippen LogP contribution >= 0.6 is 54.8 Å². The smallest absolute Gasteiger partial charge is 0.203 e. The Morgan fingerprint density at radius 2 is 1.94 bits per heavy atom. The van der Waals surface area contributed by atoms with E-state index in [1.165, 1.54) is 11.3 Å². The summed E-state index contributed by atoms with van der Waals surface area (Å²) in [5, 5.41) is 0.601. The highest BCUT2D eigenvalue weighted by Crippen LogP contribution is 2.27. The zero-order valence-electron chi connectivity index (χ0n) is 7.84. The molecular formula is C11H5Br2ClOS. The third-order valence-electron chi connectivity index (χ3n) is 1.98. The second-order valence-electron chi connectivity index (χ2n) is 3.06. The quantitative estimate of drug-likeness (QED) is 0.658. The van der Waals surface area contributed by atoms with Crippen molar-refractivity contribution in [2.75, 3.05) is 0 Å².